The Morgan fingerprint density at radius 2 is 1.96 bits per heavy atom. The highest BCUT2D eigenvalue weighted by molar-refractivity contribution is 5.78. The molecule has 0 spiro atoms. The summed E-state index contributed by atoms with van der Waals surface area (Å²) in [5.41, 5.74) is 0.969. The predicted molar refractivity (Wildman–Crippen MR) is 87.3 cm³/mol. The van der Waals surface area contributed by atoms with Gasteiger partial charge in [0.2, 0.25) is 0 Å². The van der Waals surface area contributed by atoms with Gasteiger partial charge >= 0.3 is 0 Å². The molecule has 1 heterocycles. The van der Waals surface area contributed by atoms with Crippen LogP contribution in [0.1, 0.15) is 11.6 Å². The first-order valence-corrected chi connectivity index (χ1v) is 7.91. The zero-order valence-corrected chi connectivity index (χ0v) is 13.4. The molecule has 0 saturated carbocycles. The lowest BCUT2D eigenvalue weighted by Crippen LogP contribution is -2.49. The van der Waals surface area contributed by atoms with E-state index >= 15 is 0 Å². The number of nitrogens with one attached hydrogen (secondary N) is 1. The van der Waals surface area contributed by atoms with Crippen molar-refractivity contribution in [2.45, 2.75) is 6.04 Å². The van der Waals surface area contributed by atoms with Gasteiger partial charge in [0, 0.05) is 31.7 Å². The van der Waals surface area contributed by atoms with Crippen LogP contribution in [0.3, 0.4) is 0 Å². The van der Waals surface area contributed by atoms with Crippen molar-refractivity contribution in [3.05, 3.63) is 59.7 Å². The molecule has 1 amide bonds. The van der Waals surface area contributed by atoms with Crippen molar-refractivity contribution < 1.29 is 23.4 Å². The number of amides is 1. The van der Waals surface area contributed by atoms with Gasteiger partial charge in [-0.15, -0.1) is 0 Å². The lowest BCUT2D eigenvalue weighted by molar-refractivity contribution is -0.134. The summed E-state index contributed by atoms with van der Waals surface area (Å²) in [4.78, 5) is 14.0. The topological polar surface area (TPSA) is 61.8 Å². The minimum absolute atomic E-state index is 0.0402. The summed E-state index contributed by atoms with van der Waals surface area (Å²) < 4.78 is 31.3. The van der Waals surface area contributed by atoms with E-state index in [1.807, 2.05) is 0 Å². The largest absolute Gasteiger partial charge is 0.508 e. The second kappa shape index (κ2) is 7.48. The summed E-state index contributed by atoms with van der Waals surface area (Å²) in [6, 6.07) is 9.93. The summed E-state index contributed by atoms with van der Waals surface area (Å²) in [6.45, 7) is 1.38. The number of nitrogens with zero attached hydrogens (tertiary/aromatic N) is 1. The van der Waals surface area contributed by atoms with Crippen molar-refractivity contribution in [3.8, 4) is 11.5 Å². The third kappa shape index (κ3) is 4.24. The molecule has 3 rings (SSSR count). The van der Waals surface area contributed by atoms with E-state index in [2.05, 4.69) is 5.32 Å². The van der Waals surface area contributed by atoms with Gasteiger partial charge in [-0.05, 0) is 29.8 Å². The molecule has 0 aliphatic carbocycles. The fourth-order valence-corrected chi connectivity index (χ4v) is 2.71. The predicted octanol–water partition coefficient (Wildman–Crippen LogP) is 2.22. The summed E-state index contributed by atoms with van der Waals surface area (Å²) in [5, 5.41) is 12.7. The lowest BCUT2D eigenvalue weighted by Gasteiger charge is -2.34. The van der Waals surface area contributed by atoms with Gasteiger partial charge in [-0.3, -0.25) is 4.79 Å². The zero-order valence-electron chi connectivity index (χ0n) is 13.4. The average molecular weight is 348 g/mol. The third-order valence-corrected chi connectivity index (χ3v) is 4.08. The van der Waals surface area contributed by atoms with Crippen molar-refractivity contribution in [2.75, 3.05) is 26.2 Å². The van der Waals surface area contributed by atoms with Gasteiger partial charge in [0.15, 0.2) is 18.2 Å². The van der Waals surface area contributed by atoms with Crippen molar-refractivity contribution >= 4 is 5.91 Å². The Morgan fingerprint density at radius 1 is 1.20 bits per heavy atom. The van der Waals surface area contributed by atoms with E-state index in [0.717, 1.165) is 17.7 Å². The first-order chi connectivity index (χ1) is 12.0. The van der Waals surface area contributed by atoms with Gasteiger partial charge in [0.05, 0.1) is 0 Å². The molecule has 1 aliphatic heterocycles. The minimum atomic E-state index is -1.01. The van der Waals surface area contributed by atoms with Gasteiger partial charge < -0.3 is 20.1 Å². The number of ether oxygens (including phenoxy) is 1. The number of hydrogen-bond donors (Lipinski definition) is 2. The number of carbonyl (C=O) groups excluding carboxylic acids is 1. The third-order valence-electron chi connectivity index (χ3n) is 4.08. The van der Waals surface area contributed by atoms with E-state index < -0.39 is 11.6 Å². The van der Waals surface area contributed by atoms with E-state index in [0.29, 0.717) is 19.6 Å². The van der Waals surface area contributed by atoms with Crippen LogP contribution in [-0.2, 0) is 4.79 Å². The van der Waals surface area contributed by atoms with Gasteiger partial charge in [-0.25, -0.2) is 8.78 Å². The maximum absolute atomic E-state index is 13.1. The van der Waals surface area contributed by atoms with Crippen LogP contribution < -0.4 is 10.1 Å². The minimum Gasteiger partial charge on any atom is -0.508 e. The van der Waals surface area contributed by atoms with E-state index in [1.54, 1.807) is 29.2 Å². The number of phenols is 1. The van der Waals surface area contributed by atoms with Crippen LogP contribution >= 0.6 is 0 Å². The Hall–Kier alpha value is -2.67. The molecule has 0 radical (unpaired) electrons. The maximum Gasteiger partial charge on any atom is 0.260 e. The first-order valence-electron chi connectivity index (χ1n) is 7.91. The molecule has 0 aromatic heterocycles. The highest BCUT2D eigenvalue weighted by Gasteiger charge is 2.24. The lowest BCUT2D eigenvalue weighted by atomic mass is 10.0. The molecule has 1 saturated heterocycles. The molecule has 2 aromatic carbocycles. The number of rotatable bonds is 4. The van der Waals surface area contributed by atoms with Crippen molar-refractivity contribution in [2.24, 2.45) is 0 Å². The second-order valence-corrected chi connectivity index (χ2v) is 5.80. The number of piperazine rings is 1. The molecule has 1 atom stereocenters. The number of hydrogen-bond acceptors (Lipinski definition) is 4. The van der Waals surface area contributed by atoms with Crippen LogP contribution in [0.5, 0.6) is 11.5 Å². The van der Waals surface area contributed by atoms with Crippen LogP contribution in [-0.4, -0.2) is 42.2 Å². The molecular formula is C18H18F2N2O3. The fraction of sp³-hybridized carbons (Fsp3) is 0.278. The number of carbonyl (C=O) groups is 1. The van der Waals surface area contributed by atoms with Gasteiger partial charge in [-0.1, -0.05) is 12.1 Å². The monoisotopic (exact) mass is 348 g/mol. The number of phenolic OH excluding ortho intramolecular Hbond substituents is 1. The smallest absolute Gasteiger partial charge is 0.260 e. The molecule has 25 heavy (non-hydrogen) atoms. The molecule has 2 aromatic rings. The van der Waals surface area contributed by atoms with Crippen molar-refractivity contribution in [1.82, 2.24) is 10.2 Å². The molecule has 5 nitrogen and oxygen atoms in total. The average Bonchev–Trinajstić information content (AvgIpc) is 2.63. The Morgan fingerprint density at radius 3 is 2.68 bits per heavy atom. The van der Waals surface area contributed by atoms with Crippen molar-refractivity contribution in [1.29, 1.82) is 0 Å². The molecule has 1 unspecified atom stereocenters. The molecule has 7 heteroatoms. The Bertz CT molecular complexity index is 752. The SMILES string of the molecule is O=C(COc1ccc(F)c(F)c1)N1CCNC(c2ccc(O)cc2)C1. The molecule has 1 aliphatic rings. The Balaban J connectivity index is 1.58. The molecule has 132 valence electrons. The summed E-state index contributed by atoms with van der Waals surface area (Å²) in [7, 11) is 0. The first kappa shape index (κ1) is 17.2. The molecular weight excluding hydrogens is 330 g/mol. The van der Waals surface area contributed by atoms with Crippen LogP contribution in [0, 0.1) is 11.6 Å². The Labute approximate surface area is 143 Å². The Kier molecular flexibility index (Phi) is 5.14. The quantitative estimate of drug-likeness (QED) is 0.890. The highest BCUT2D eigenvalue weighted by Crippen LogP contribution is 2.20. The molecule has 2 N–H and O–H groups in total. The van der Waals surface area contributed by atoms with Crippen LogP contribution in [0.4, 0.5) is 8.78 Å². The summed E-state index contributed by atoms with van der Waals surface area (Å²) in [6.07, 6.45) is 0. The van der Waals surface area contributed by atoms with Crippen molar-refractivity contribution in [3.63, 3.8) is 0 Å². The van der Waals surface area contributed by atoms with E-state index in [9.17, 15) is 18.7 Å². The number of benzene rings is 2. The molecule has 0 bridgehead atoms. The normalized spacial score (nSPS) is 17.4. The van der Waals surface area contributed by atoms with Gasteiger partial charge in [-0.2, -0.15) is 0 Å². The number of halogens is 2. The van der Waals surface area contributed by atoms with E-state index in [-0.39, 0.29) is 30.1 Å². The van der Waals surface area contributed by atoms with E-state index in [1.165, 1.54) is 6.07 Å². The van der Waals surface area contributed by atoms with Crippen LogP contribution in [0.15, 0.2) is 42.5 Å². The zero-order chi connectivity index (χ0) is 17.8. The molecule has 1 fully saturated rings. The number of aromatic hydroxyl groups is 1. The maximum atomic E-state index is 13.1. The fourth-order valence-electron chi connectivity index (χ4n) is 2.71. The highest BCUT2D eigenvalue weighted by atomic mass is 19.2. The van der Waals surface area contributed by atoms with Gasteiger partial charge in [0.25, 0.3) is 5.91 Å². The standard InChI is InChI=1S/C18H18F2N2O3/c19-15-6-5-14(9-16(15)20)25-11-18(24)22-8-7-21-17(10-22)12-1-3-13(23)4-2-12/h1-6,9,17,21,23H,7-8,10-11H2. The van der Waals surface area contributed by atoms with Crippen LogP contribution in [0.2, 0.25) is 0 Å². The summed E-state index contributed by atoms with van der Waals surface area (Å²) in [5.74, 6) is -1.91. The van der Waals surface area contributed by atoms with E-state index in [4.69, 9.17) is 4.74 Å². The van der Waals surface area contributed by atoms with Crippen LogP contribution in [0.25, 0.3) is 0 Å². The summed E-state index contributed by atoms with van der Waals surface area (Å²) >= 11 is 0. The second-order valence-electron chi connectivity index (χ2n) is 5.80. The van der Waals surface area contributed by atoms with Gasteiger partial charge in [0.1, 0.15) is 11.5 Å².